The molecule has 0 spiro atoms. The molecule has 0 aromatic heterocycles. The standard InChI is InChI=1S/C28H57N/c1-2-3-4-5-6-7-11-14-17-20-23-27-26-28(27)24-21-18-15-12-9-8-10-13-16-19-22-25-29/h27-28H,2-26,29H2,1H3. The van der Waals surface area contributed by atoms with E-state index in [1.807, 2.05) is 0 Å². The molecule has 0 aromatic rings. The first-order valence-electron chi connectivity index (χ1n) is 14.1. The fourth-order valence-electron chi connectivity index (χ4n) is 5.05. The molecule has 1 fully saturated rings. The van der Waals surface area contributed by atoms with Crippen LogP contribution in [0.2, 0.25) is 0 Å². The van der Waals surface area contributed by atoms with Crippen molar-refractivity contribution in [1.82, 2.24) is 0 Å². The average molecular weight is 408 g/mol. The maximum Gasteiger partial charge on any atom is -0.00773 e. The van der Waals surface area contributed by atoms with E-state index < -0.39 is 0 Å². The van der Waals surface area contributed by atoms with Gasteiger partial charge in [0, 0.05) is 0 Å². The Hall–Kier alpha value is -0.0400. The number of nitrogens with two attached hydrogens (primary N) is 1. The molecular formula is C28H57N. The van der Waals surface area contributed by atoms with Gasteiger partial charge in [-0.3, -0.25) is 0 Å². The van der Waals surface area contributed by atoms with Crippen LogP contribution in [0.15, 0.2) is 0 Å². The van der Waals surface area contributed by atoms with Gasteiger partial charge in [-0.25, -0.2) is 0 Å². The summed E-state index contributed by atoms with van der Waals surface area (Å²) in [7, 11) is 0. The summed E-state index contributed by atoms with van der Waals surface area (Å²) in [4.78, 5) is 0. The predicted molar refractivity (Wildman–Crippen MR) is 133 cm³/mol. The van der Waals surface area contributed by atoms with Crippen molar-refractivity contribution in [2.75, 3.05) is 6.54 Å². The van der Waals surface area contributed by atoms with Gasteiger partial charge >= 0.3 is 0 Å². The summed E-state index contributed by atoms with van der Waals surface area (Å²) in [6.07, 6.45) is 35.2. The molecule has 1 aliphatic carbocycles. The summed E-state index contributed by atoms with van der Waals surface area (Å²) >= 11 is 0. The first-order valence-corrected chi connectivity index (χ1v) is 14.1. The first kappa shape index (κ1) is 27.0. The summed E-state index contributed by atoms with van der Waals surface area (Å²) in [5.41, 5.74) is 5.54. The van der Waals surface area contributed by atoms with E-state index >= 15 is 0 Å². The highest BCUT2D eigenvalue weighted by atomic mass is 14.5. The van der Waals surface area contributed by atoms with Crippen LogP contribution in [0.1, 0.15) is 161 Å². The van der Waals surface area contributed by atoms with Gasteiger partial charge in [0.1, 0.15) is 0 Å². The highest BCUT2D eigenvalue weighted by molar-refractivity contribution is 4.85. The lowest BCUT2D eigenvalue weighted by molar-refractivity contribution is 0.505. The topological polar surface area (TPSA) is 26.0 Å². The highest BCUT2D eigenvalue weighted by Crippen LogP contribution is 2.45. The van der Waals surface area contributed by atoms with Crippen molar-refractivity contribution in [3.63, 3.8) is 0 Å². The maximum atomic E-state index is 5.54. The van der Waals surface area contributed by atoms with Crippen LogP contribution in [0.4, 0.5) is 0 Å². The monoisotopic (exact) mass is 407 g/mol. The van der Waals surface area contributed by atoms with E-state index in [1.165, 1.54) is 135 Å². The predicted octanol–water partition coefficient (Wildman–Crippen LogP) is 9.57. The molecule has 0 radical (unpaired) electrons. The molecule has 1 heteroatoms. The Morgan fingerprint density at radius 1 is 0.448 bits per heavy atom. The lowest BCUT2D eigenvalue weighted by Gasteiger charge is -2.04. The highest BCUT2D eigenvalue weighted by Gasteiger charge is 2.34. The van der Waals surface area contributed by atoms with Gasteiger partial charge in [0.25, 0.3) is 0 Å². The smallest absolute Gasteiger partial charge is 0.00773 e. The molecular weight excluding hydrogens is 350 g/mol. The van der Waals surface area contributed by atoms with Crippen molar-refractivity contribution < 1.29 is 0 Å². The van der Waals surface area contributed by atoms with Crippen LogP contribution in [-0.2, 0) is 0 Å². The Kier molecular flexibility index (Phi) is 19.7. The normalized spacial score (nSPS) is 18.4. The van der Waals surface area contributed by atoms with Crippen molar-refractivity contribution >= 4 is 0 Å². The minimum Gasteiger partial charge on any atom is -0.330 e. The number of unbranched alkanes of at least 4 members (excludes halogenated alkanes) is 19. The van der Waals surface area contributed by atoms with Gasteiger partial charge in [-0.05, 0) is 31.2 Å². The van der Waals surface area contributed by atoms with Gasteiger partial charge < -0.3 is 5.73 Å². The molecule has 1 aliphatic rings. The fourth-order valence-corrected chi connectivity index (χ4v) is 5.05. The van der Waals surface area contributed by atoms with Crippen LogP contribution in [0.3, 0.4) is 0 Å². The SMILES string of the molecule is CCCCCCCCCCCCC1CC1CCCCCCCCCCCCCN. The molecule has 2 unspecified atom stereocenters. The third-order valence-electron chi connectivity index (χ3n) is 7.28. The summed E-state index contributed by atoms with van der Waals surface area (Å²) in [6, 6.07) is 0. The number of hydrogen-bond acceptors (Lipinski definition) is 1. The molecule has 2 N–H and O–H groups in total. The van der Waals surface area contributed by atoms with E-state index in [-0.39, 0.29) is 0 Å². The maximum absolute atomic E-state index is 5.54. The second-order valence-electron chi connectivity index (χ2n) is 10.2. The van der Waals surface area contributed by atoms with Crippen LogP contribution in [0.25, 0.3) is 0 Å². The van der Waals surface area contributed by atoms with Crippen molar-refractivity contribution in [2.45, 2.75) is 161 Å². The zero-order chi connectivity index (χ0) is 20.8. The van der Waals surface area contributed by atoms with Crippen LogP contribution in [0, 0.1) is 11.8 Å². The van der Waals surface area contributed by atoms with E-state index in [2.05, 4.69) is 6.92 Å². The molecule has 1 nitrogen and oxygen atoms in total. The molecule has 0 amide bonds. The van der Waals surface area contributed by atoms with Crippen molar-refractivity contribution in [3.8, 4) is 0 Å². The lowest BCUT2D eigenvalue weighted by Crippen LogP contribution is -1.97. The minimum absolute atomic E-state index is 0.876. The molecule has 29 heavy (non-hydrogen) atoms. The molecule has 0 aromatic carbocycles. The van der Waals surface area contributed by atoms with Gasteiger partial charge in [0.15, 0.2) is 0 Å². The average Bonchev–Trinajstić information content (AvgIpc) is 3.48. The summed E-state index contributed by atoms with van der Waals surface area (Å²) in [5.74, 6) is 2.26. The van der Waals surface area contributed by atoms with E-state index in [0.29, 0.717) is 0 Å². The Labute approximate surface area is 185 Å². The van der Waals surface area contributed by atoms with Gasteiger partial charge in [-0.1, -0.05) is 148 Å². The van der Waals surface area contributed by atoms with Crippen LogP contribution >= 0.6 is 0 Å². The van der Waals surface area contributed by atoms with Crippen LogP contribution in [0.5, 0.6) is 0 Å². The van der Waals surface area contributed by atoms with Gasteiger partial charge in [-0.2, -0.15) is 0 Å². The minimum atomic E-state index is 0.876. The second-order valence-corrected chi connectivity index (χ2v) is 10.2. The molecule has 0 saturated heterocycles. The largest absolute Gasteiger partial charge is 0.330 e. The third kappa shape index (κ3) is 18.4. The zero-order valence-corrected chi connectivity index (χ0v) is 20.4. The van der Waals surface area contributed by atoms with E-state index in [1.54, 1.807) is 19.3 Å². The van der Waals surface area contributed by atoms with E-state index in [9.17, 15) is 0 Å². The molecule has 1 rings (SSSR count). The summed E-state index contributed by atoms with van der Waals surface area (Å²) in [6.45, 7) is 3.18. The number of rotatable bonds is 24. The number of hydrogen-bond donors (Lipinski definition) is 1. The van der Waals surface area contributed by atoms with E-state index in [0.717, 1.165) is 18.4 Å². The van der Waals surface area contributed by atoms with Gasteiger partial charge in [0.05, 0.1) is 0 Å². The lowest BCUT2D eigenvalue weighted by atomic mass is 10.0. The fraction of sp³-hybridized carbons (Fsp3) is 1.00. The molecule has 0 bridgehead atoms. The Bertz CT molecular complexity index is 313. The van der Waals surface area contributed by atoms with Gasteiger partial charge in [0.2, 0.25) is 0 Å². The van der Waals surface area contributed by atoms with Crippen molar-refractivity contribution in [3.05, 3.63) is 0 Å². The Morgan fingerprint density at radius 2 is 0.759 bits per heavy atom. The Balaban J connectivity index is 1.69. The first-order chi connectivity index (χ1) is 14.4. The Morgan fingerprint density at radius 3 is 1.10 bits per heavy atom. The molecule has 2 atom stereocenters. The summed E-state index contributed by atoms with van der Waals surface area (Å²) in [5, 5.41) is 0. The van der Waals surface area contributed by atoms with Crippen LogP contribution in [-0.4, -0.2) is 6.54 Å². The quantitative estimate of drug-likeness (QED) is 0.158. The molecule has 0 aliphatic heterocycles. The third-order valence-corrected chi connectivity index (χ3v) is 7.28. The molecule has 0 heterocycles. The van der Waals surface area contributed by atoms with E-state index in [4.69, 9.17) is 5.73 Å². The zero-order valence-electron chi connectivity index (χ0n) is 20.4. The summed E-state index contributed by atoms with van der Waals surface area (Å²) < 4.78 is 0. The van der Waals surface area contributed by atoms with Crippen molar-refractivity contribution in [1.29, 1.82) is 0 Å². The van der Waals surface area contributed by atoms with Gasteiger partial charge in [-0.15, -0.1) is 0 Å². The van der Waals surface area contributed by atoms with Crippen LogP contribution < -0.4 is 5.73 Å². The molecule has 1 saturated carbocycles. The van der Waals surface area contributed by atoms with Crippen molar-refractivity contribution in [2.24, 2.45) is 17.6 Å². The second kappa shape index (κ2) is 21.2. The molecule has 174 valence electrons.